The predicted octanol–water partition coefficient (Wildman–Crippen LogP) is 5.87. The highest BCUT2D eigenvalue weighted by atomic mass is 32.2. The minimum absolute atomic E-state index is 0.0564. The quantitative estimate of drug-likeness (QED) is 0.139. The number of sulfonamides is 1. The molecule has 2 aromatic heterocycles. The third kappa shape index (κ3) is 6.10. The van der Waals surface area contributed by atoms with E-state index in [1.54, 1.807) is 18.2 Å². The number of para-hydroxylation sites is 1. The molecule has 0 bridgehead atoms. The zero-order chi connectivity index (χ0) is 33.4. The van der Waals surface area contributed by atoms with Gasteiger partial charge in [-0.1, -0.05) is 78.5 Å². The Kier molecular flexibility index (Phi) is 8.41. The number of aromatic nitrogens is 4. The van der Waals surface area contributed by atoms with E-state index in [4.69, 9.17) is 14.2 Å². The number of rotatable bonds is 10. The second kappa shape index (κ2) is 13.2. The number of nitrogens with zero attached hydrogens (tertiary/aromatic N) is 4. The maximum atomic E-state index is 14.1. The van der Waals surface area contributed by atoms with Crippen molar-refractivity contribution < 1.29 is 27.4 Å². The second-order valence-corrected chi connectivity index (χ2v) is 14.5. The first kappa shape index (κ1) is 31.3. The van der Waals surface area contributed by atoms with Crippen LogP contribution in [0.15, 0.2) is 107 Å². The van der Waals surface area contributed by atoms with Crippen LogP contribution in [0, 0.1) is 0 Å². The van der Waals surface area contributed by atoms with Gasteiger partial charge in [0, 0.05) is 29.6 Å². The molecule has 0 spiro atoms. The molecule has 2 aliphatic heterocycles. The number of fused-ring (bicyclic) bond motifs is 2. The number of ketones is 1. The molecule has 0 aliphatic carbocycles. The van der Waals surface area contributed by atoms with Crippen LogP contribution >= 0.6 is 11.8 Å². The van der Waals surface area contributed by atoms with Gasteiger partial charge >= 0.3 is 0 Å². The van der Waals surface area contributed by atoms with Crippen LogP contribution in [0.1, 0.15) is 15.9 Å². The van der Waals surface area contributed by atoms with Gasteiger partial charge in [-0.05, 0) is 41.5 Å². The number of thioether (sulfide) groups is 1. The lowest BCUT2D eigenvalue weighted by atomic mass is 10.0. The molecule has 1 saturated heterocycles. The van der Waals surface area contributed by atoms with E-state index in [1.807, 2.05) is 83.4 Å². The number of ether oxygens (including phenoxy) is 3. The summed E-state index contributed by atoms with van der Waals surface area (Å²) in [6, 6.07) is 30.0. The number of hydrogen-bond donors (Lipinski definition) is 1. The molecule has 8 rings (SSSR count). The van der Waals surface area contributed by atoms with Gasteiger partial charge in [-0.3, -0.25) is 9.36 Å². The smallest absolute Gasteiger partial charge is 0.243 e. The SMILES string of the molecule is O=C(CSc1nnc(-c2cccc(S(=O)(=O)N3CCOCC3)c2)n1Cc1ccc2c(c1)OCO2)c1c(-c2ccccc2)[nH]c2ccccc12. The van der Waals surface area contributed by atoms with Crippen molar-refractivity contribution in [1.29, 1.82) is 0 Å². The van der Waals surface area contributed by atoms with Gasteiger partial charge in [0.25, 0.3) is 0 Å². The van der Waals surface area contributed by atoms with E-state index in [1.165, 1.54) is 16.1 Å². The summed E-state index contributed by atoms with van der Waals surface area (Å²) in [4.78, 5) is 17.7. The number of benzene rings is 4. The van der Waals surface area contributed by atoms with E-state index in [0.29, 0.717) is 66.5 Å². The van der Waals surface area contributed by atoms with Crippen molar-refractivity contribution in [2.75, 3.05) is 38.8 Å². The first-order chi connectivity index (χ1) is 24.0. The van der Waals surface area contributed by atoms with Crippen LogP contribution in [-0.4, -0.2) is 77.1 Å². The second-order valence-electron chi connectivity index (χ2n) is 11.6. The Morgan fingerprint density at radius 2 is 1.61 bits per heavy atom. The molecular formula is C36H31N5O6S2. The lowest BCUT2D eigenvalue weighted by Gasteiger charge is -2.26. The summed E-state index contributed by atoms with van der Waals surface area (Å²) < 4.78 is 46.9. The minimum atomic E-state index is -3.74. The summed E-state index contributed by atoms with van der Waals surface area (Å²) in [5.74, 6) is 1.83. The molecule has 4 aromatic carbocycles. The molecule has 248 valence electrons. The Bertz CT molecular complexity index is 2280. The molecule has 0 saturated carbocycles. The lowest BCUT2D eigenvalue weighted by molar-refractivity contribution is 0.0730. The normalized spacial score (nSPS) is 14.8. The third-order valence-electron chi connectivity index (χ3n) is 8.57. The zero-order valence-corrected chi connectivity index (χ0v) is 27.9. The monoisotopic (exact) mass is 693 g/mol. The van der Waals surface area contributed by atoms with E-state index in [9.17, 15) is 13.2 Å². The summed E-state index contributed by atoms with van der Waals surface area (Å²) in [5.41, 5.74) is 4.69. The average Bonchev–Trinajstić information content (AvgIpc) is 3.88. The van der Waals surface area contributed by atoms with Gasteiger partial charge in [0.15, 0.2) is 28.3 Å². The van der Waals surface area contributed by atoms with Gasteiger partial charge in [0.05, 0.1) is 41.7 Å². The number of nitrogens with one attached hydrogen (secondary N) is 1. The fourth-order valence-corrected chi connectivity index (χ4v) is 8.42. The lowest BCUT2D eigenvalue weighted by Crippen LogP contribution is -2.40. The van der Waals surface area contributed by atoms with Crippen LogP contribution in [0.3, 0.4) is 0 Å². The van der Waals surface area contributed by atoms with Crippen molar-refractivity contribution in [3.8, 4) is 34.1 Å². The molecule has 6 aromatic rings. The number of Topliss-reactive ketones (excluding diaryl/α,β-unsaturated/α-hetero) is 1. The summed E-state index contributed by atoms with van der Waals surface area (Å²) >= 11 is 1.29. The molecule has 11 nitrogen and oxygen atoms in total. The van der Waals surface area contributed by atoms with E-state index in [0.717, 1.165) is 27.7 Å². The van der Waals surface area contributed by atoms with Crippen LogP contribution in [0.4, 0.5) is 0 Å². The summed E-state index contributed by atoms with van der Waals surface area (Å²) in [6.45, 7) is 1.80. The van der Waals surface area contributed by atoms with Crippen LogP contribution in [-0.2, 0) is 21.3 Å². The van der Waals surface area contributed by atoms with Crippen molar-refractivity contribution in [3.05, 3.63) is 108 Å². The fourth-order valence-electron chi connectivity index (χ4n) is 6.16. The van der Waals surface area contributed by atoms with E-state index in [-0.39, 0.29) is 23.2 Å². The van der Waals surface area contributed by atoms with Crippen molar-refractivity contribution in [1.82, 2.24) is 24.1 Å². The molecule has 1 fully saturated rings. The molecule has 0 unspecified atom stereocenters. The number of carbonyl (C=O) groups excluding carboxylic acids is 1. The highest BCUT2D eigenvalue weighted by Crippen LogP contribution is 2.35. The van der Waals surface area contributed by atoms with Crippen molar-refractivity contribution >= 4 is 38.5 Å². The van der Waals surface area contributed by atoms with Gasteiger partial charge < -0.3 is 19.2 Å². The Labute approximate surface area is 286 Å². The topological polar surface area (TPSA) is 129 Å². The fraction of sp³-hybridized carbons (Fsp3) is 0.194. The van der Waals surface area contributed by atoms with Gasteiger partial charge in [0.1, 0.15) is 0 Å². The first-order valence-electron chi connectivity index (χ1n) is 15.8. The zero-order valence-electron chi connectivity index (χ0n) is 26.2. The van der Waals surface area contributed by atoms with E-state index in [2.05, 4.69) is 15.2 Å². The number of hydrogen-bond acceptors (Lipinski definition) is 9. The number of morpholine rings is 1. The van der Waals surface area contributed by atoms with Crippen LogP contribution < -0.4 is 9.47 Å². The highest BCUT2D eigenvalue weighted by molar-refractivity contribution is 7.99. The minimum Gasteiger partial charge on any atom is -0.454 e. The number of carbonyl (C=O) groups is 1. The summed E-state index contributed by atoms with van der Waals surface area (Å²) in [5, 5.41) is 10.4. The van der Waals surface area contributed by atoms with Gasteiger partial charge in [0.2, 0.25) is 16.8 Å². The molecule has 0 atom stereocenters. The number of aromatic amines is 1. The van der Waals surface area contributed by atoms with Gasteiger partial charge in [-0.15, -0.1) is 10.2 Å². The van der Waals surface area contributed by atoms with Gasteiger partial charge in [-0.2, -0.15) is 4.31 Å². The molecule has 0 amide bonds. The van der Waals surface area contributed by atoms with Crippen molar-refractivity contribution in [2.24, 2.45) is 0 Å². The highest BCUT2D eigenvalue weighted by Gasteiger charge is 2.28. The van der Waals surface area contributed by atoms with Crippen LogP contribution in [0.5, 0.6) is 11.5 Å². The predicted molar refractivity (Wildman–Crippen MR) is 185 cm³/mol. The summed E-state index contributed by atoms with van der Waals surface area (Å²) in [6.07, 6.45) is 0. The van der Waals surface area contributed by atoms with Gasteiger partial charge in [-0.25, -0.2) is 8.42 Å². The van der Waals surface area contributed by atoms with E-state index >= 15 is 0 Å². The Balaban J connectivity index is 1.14. The maximum Gasteiger partial charge on any atom is 0.243 e. The average molecular weight is 694 g/mol. The van der Waals surface area contributed by atoms with Crippen LogP contribution in [0.25, 0.3) is 33.5 Å². The molecule has 1 N–H and O–H groups in total. The summed E-state index contributed by atoms with van der Waals surface area (Å²) in [7, 11) is -3.74. The molecular weight excluding hydrogens is 663 g/mol. The Morgan fingerprint density at radius 3 is 2.47 bits per heavy atom. The Morgan fingerprint density at radius 1 is 0.837 bits per heavy atom. The van der Waals surface area contributed by atoms with Crippen LogP contribution in [0.2, 0.25) is 0 Å². The standard InChI is InChI=1S/C36H31N5O6S2/c42-30(33-28-11-4-5-12-29(28)37-34(33)25-7-2-1-3-8-25)22-48-36-39-38-35(41(36)21-24-13-14-31-32(19-24)47-23-46-31)26-9-6-10-27(20-26)49(43,44)40-15-17-45-18-16-40/h1-14,19-20,37H,15-18,21-23H2. The molecule has 13 heteroatoms. The molecule has 0 radical (unpaired) electrons. The number of H-pyrrole nitrogens is 1. The van der Waals surface area contributed by atoms with E-state index < -0.39 is 10.0 Å². The van der Waals surface area contributed by atoms with Crippen molar-refractivity contribution in [2.45, 2.75) is 16.6 Å². The van der Waals surface area contributed by atoms with Crippen molar-refractivity contribution in [3.63, 3.8) is 0 Å². The first-order valence-corrected chi connectivity index (χ1v) is 18.2. The third-order valence-corrected chi connectivity index (χ3v) is 11.4. The largest absolute Gasteiger partial charge is 0.454 e. The maximum absolute atomic E-state index is 14.1. The molecule has 2 aliphatic rings. The Hall–Kier alpha value is -4.95. The molecule has 4 heterocycles. The molecule has 49 heavy (non-hydrogen) atoms.